The smallest absolute Gasteiger partial charge is 0.143 e. The number of nitrogens with zero attached hydrogens (tertiary/aromatic N) is 3. The molecular formula is C49H34IN3O2S. The van der Waals surface area contributed by atoms with Gasteiger partial charge in [0, 0.05) is 48.4 Å². The Morgan fingerprint density at radius 2 is 1.39 bits per heavy atom. The molecule has 1 N–H and O–H groups in total. The average molecular weight is 856 g/mol. The first-order valence-corrected chi connectivity index (χ1v) is 20.2. The van der Waals surface area contributed by atoms with E-state index in [4.69, 9.17) is 14.4 Å². The highest BCUT2D eigenvalue weighted by Gasteiger charge is 2.22. The van der Waals surface area contributed by atoms with Gasteiger partial charge in [0.2, 0.25) is 0 Å². The summed E-state index contributed by atoms with van der Waals surface area (Å²) in [6, 6.07) is 49.4. The van der Waals surface area contributed by atoms with E-state index in [2.05, 4.69) is 116 Å². The van der Waals surface area contributed by atoms with E-state index in [1.54, 1.807) is 17.6 Å². The Morgan fingerprint density at radius 3 is 2.14 bits per heavy atom. The van der Waals surface area contributed by atoms with Crippen LogP contribution in [0.5, 0.6) is 5.75 Å². The lowest BCUT2D eigenvalue weighted by atomic mass is 9.85. The molecule has 7 aromatic carbocycles. The number of aromatic hydroxyl groups is 1. The fraction of sp³-hybridized carbons (Fsp3) is 0.0816. The van der Waals surface area contributed by atoms with Gasteiger partial charge in [-0.1, -0.05) is 106 Å². The van der Waals surface area contributed by atoms with E-state index in [-0.39, 0.29) is 11.2 Å². The van der Waals surface area contributed by atoms with Gasteiger partial charge in [-0.2, -0.15) is 5.26 Å². The summed E-state index contributed by atoms with van der Waals surface area (Å²) < 4.78 is 8.64. The molecule has 7 heteroatoms. The molecule has 0 radical (unpaired) electrons. The molecule has 270 valence electrons. The van der Waals surface area contributed by atoms with Crippen molar-refractivity contribution in [3.63, 3.8) is 0 Å². The number of furan rings is 1. The van der Waals surface area contributed by atoms with Gasteiger partial charge in [0.1, 0.15) is 21.9 Å². The third kappa shape index (κ3) is 6.55. The molecule has 9 aromatic rings. The number of hydrogen-bond acceptors (Lipinski definition) is 6. The van der Waals surface area contributed by atoms with Crippen molar-refractivity contribution >= 4 is 78.0 Å². The molecule has 0 saturated heterocycles. The molecule has 0 atom stereocenters. The SMILES string of the molecule is CC(C)(C)c1cc(I)cc(C=Nc2ccccc2-c2nc3c(-c4cccc5c4oc4ccccc45)cc(-c4ccc(-c5ccc(C#N)cc5)cc4)cc3s2)c1O. The molecule has 2 aromatic heterocycles. The molecule has 0 fully saturated rings. The van der Waals surface area contributed by atoms with Gasteiger partial charge in [-0.05, 0) is 105 Å². The van der Waals surface area contributed by atoms with Crippen LogP contribution >= 0.6 is 33.9 Å². The molecule has 0 unspecified atom stereocenters. The zero-order valence-corrected chi connectivity index (χ0v) is 33.8. The number of fused-ring (bicyclic) bond motifs is 4. The van der Waals surface area contributed by atoms with Gasteiger partial charge in [0.15, 0.2) is 0 Å². The molecule has 9 rings (SSSR count). The maximum absolute atomic E-state index is 11.3. The summed E-state index contributed by atoms with van der Waals surface area (Å²) in [6.07, 6.45) is 1.76. The largest absolute Gasteiger partial charge is 0.507 e. The number of halogens is 1. The molecule has 56 heavy (non-hydrogen) atoms. The number of aliphatic imine (C=N–C) groups is 1. The number of aromatic nitrogens is 1. The Morgan fingerprint density at radius 1 is 0.732 bits per heavy atom. The lowest BCUT2D eigenvalue weighted by Crippen LogP contribution is -2.12. The highest BCUT2D eigenvalue weighted by molar-refractivity contribution is 14.1. The van der Waals surface area contributed by atoms with E-state index in [1.165, 1.54) is 0 Å². The van der Waals surface area contributed by atoms with Crippen LogP contribution < -0.4 is 0 Å². The molecule has 0 saturated carbocycles. The van der Waals surface area contributed by atoms with Crippen molar-refractivity contribution in [1.29, 1.82) is 5.26 Å². The summed E-state index contributed by atoms with van der Waals surface area (Å²) in [7, 11) is 0. The maximum atomic E-state index is 11.3. The van der Waals surface area contributed by atoms with Gasteiger partial charge in [-0.15, -0.1) is 11.3 Å². The minimum absolute atomic E-state index is 0.219. The van der Waals surface area contributed by atoms with E-state index in [0.29, 0.717) is 11.1 Å². The van der Waals surface area contributed by atoms with E-state index < -0.39 is 0 Å². The monoisotopic (exact) mass is 855 g/mol. The number of benzene rings is 7. The summed E-state index contributed by atoms with van der Waals surface area (Å²) in [5.74, 6) is 0.251. The number of rotatable bonds is 6. The third-order valence-corrected chi connectivity index (χ3v) is 11.8. The highest BCUT2D eigenvalue weighted by Crippen LogP contribution is 2.44. The van der Waals surface area contributed by atoms with Crippen molar-refractivity contribution in [1.82, 2.24) is 4.98 Å². The van der Waals surface area contributed by atoms with Crippen LogP contribution in [0.25, 0.3) is 76.1 Å². The Bertz CT molecular complexity index is 3040. The van der Waals surface area contributed by atoms with Crippen LogP contribution in [-0.2, 0) is 5.41 Å². The van der Waals surface area contributed by atoms with Gasteiger partial charge in [0.25, 0.3) is 0 Å². The van der Waals surface area contributed by atoms with Crippen LogP contribution in [0.4, 0.5) is 5.69 Å². The van der Waals surface area contributed by atoms with Crippen molar-refractivity contribution in [2.75, 3.05) is 0 Å². The highest BCUT2D eigenvalue weighted by atomic mass is 127. The van der Waals surface area contributed by atoms with Gasteiger partial charge >= 0.3 is 0 Å². The first kappa shape index (κ1) is 35.6. The van der Waals surface area contributed by atoms with Crippen molar-refractivity contribution in [2.45, 2.75) is 26.2 Å². The fourth-order valence-corrected chi connectivity index (χ4v) is 8.98. The second kappa shape index (κ2) is 14.2. The molecule has 5 nitrogen and oxygen atoms in total. The van der Waals surface area contributed by atoms with Crippen molar-refractivity contribution in [3.05, 3.63) is 160 Å². The average Bonchev–Trinajstić information content (AvgIpc) is 3.82. The van der Waals surface area contributed by atoms with E-state index in [0.717, 1.165) is 90.9 Å². The Balaban J connectivity index is 1.19. The summed E-state index contributed by atoms with van der Waals surface area (Å²) in [5.41, 5.74) is 12.5. The molecule has 0 amide bonds. The van der Waals surface area contributed by atoms with Crippen LogP contribution in [0, 0.1) is 14.9 Å². The maximum Gasteiger partial charge on any atom is 0.143 e. The van der Waals surface area contributed by atoms with Crippen molar-refractivity contribution in [2.24, 2.45) is 4.99 Å². The number of nitriles is 1. The third-order valence-electron chi connectivity index (χ3n) is 10.1. The number of para-hydroxylation sites is 3. The summed E-state index contributed by atoms with van der Waals surface area (Å²) in [4.78, 5) is 10.3. The molecule has 2 heterocycles. The predicted octanol–water partition coefficient (Wildman–Crippen LogP) is 14.1. The summed E-state index contributed by atoms with van der Waals surface area (Å²) in [6.45, 7) is 6.30. The van der Waals surface area contributed by atoms with Crippen LogP contribution in [-0.4, -0.2) is 16.3 Å². The fourth-order valence-electron chi connectivity index (χ4n) is 7.26. The summed E-state index contributed by atoms with van der Waals surface area (Å²) in [5, 5.41) is 23.5. The molecule has 0 aliphatic carbocycles. The van der Waals surface area contributed by atoms with Crippen molar-refractivity contribution < 1.29 is 9.52 Å². The van der Waals surface area contributed by atoms with E-state index >= 15 is 0 Å². The minimum atomic E-state index is -0.219. The predicted molar refractivity (Wildman–Crippen MR) is 240 cm³/mol. The standard InChI is InChI=1S/C49H34IN3O2S/c1-49(2,3)41-26-35(50)23-34(46(41)54)28-52-42-13-6-4-10-39(42)48-53-45-40(38-12-8-11-37-36-9-5-7-14-43(36)55-47(37)38)24-33(25-44(45)56-48)32-21-19-31(20-22-32)30-17-15-29(27-51)16-18-30/h4-26,28,54H,1-3H3. The zero-order valence-electron chi connectivity index (χ0n) is 30.8. The second-order valence-electron chi connectivity index (χ2n) is 14.9. The lowest BCUT2D eigenvalue weighted by molar-refractivity contribution is 0.445. The Kier molecular flexibility index (Phi) is 9.03. The van der Waals surface area contributed by atoms with Gasteiger partial charge in [0.05, 0.1) is 27.5 Å². The number of phenols is 1. The lowest BCUT2D eigenvalue weighted by Gasteiger charge is -2.21. The van der Waals surface area contributed by atoms with Gasteiger partial charge in [-0.25, -0.2) is 4.98 Å². The van der Waals surface area contributed by atoms with E-state index in [1.807, 2.05) is 72.8 Å². The first-order valence-electron chi connectivity index (χ1n) is 18.3. The minimum Gasteiger partial charge on any atom is -0.507 e. The second-order valence-corrected chi connectivity index (χ2v) is 17.1. The Labute approximate surface area is 342 Å². The van der Waals surface area contributed by atoms with Crippen LogP contribution in [0.2, 0.25) is 0 Å². The Hall–Kier alpha value is -6.08. The first-order chi connectivity index (χ1) is 27.1. The van der Waals surface area contributed by atoms with Gasteiger partial charge in [-0.3, -0.25) is 4.99 Å². The van der Waals surface area contributed by atoms with Crippen LogP contribution in [0.1, 0.15) is 37.5 Å². The quantitative estimate of drug-likeness (QED) is 0.133. The number of thiazole rings is 1. The molecule has 0 aliphatic rings. The van der Waals surface area contributed by atoms with Crippen LogP contribution in [0.15, 0.2) is 149 Å². The van der Waals surface area contributed by atoms with E-state index in [9.17, 15) is 10.4 Å². The molecule has 0 bridgehead atoms. The molecule has 0 aliphatic heterocycles. The van der Waals surface area contributed by atoms with Crippen LogP contribution in [0.3, 0.4) is 0 Å². The molecular weight excluding hydrogens is 822 g/mol. The molecule has 0 spiro atoms. The summed E-state index contributed by atoms with van der Waals surface area (Å²) >= 11 is 3.93. The topological polar surface area (TPSA) is 82.4 Å². The number of hydrogen-bond donors (Lipinski definition) is 1. The van der Waals surface area contributed by atoms with Gasteiger partial charge < -0.3 is 9.52 Å². The zero-order chi connectivity index (χ0) is 38.6. The normalized spacial score (nSPS) is 11.9. The number of phenolic OH excluding ortho intramolecular Hbond substituents is 1. The van der Waals surface area contributed by atoms with Crippen molar-refractivity contribution in [3.8, 4) is 55.8 Å².